The second kappa shape index (κ2) is 10.9. The van der Waals surface area contributed by atoms with Crippen molar-refractivity contribution in [1.82, 2.24) is 15.0 Å². The first-order chi connectivity index (χ1) is 25.3. The SMILES string of the molecule is c1ccc(-c2nc(-c3cccc4c3oc3ccc(-c5cccc6oc7ccccc7c56)cc34)nc(-c3cccc4sc5ccccc5c34)n2)cc1. The van der Waals surface area contributed by atoms with Crippen molar-refractivity contribution in [3.63, 3.8) is 0 Å². The Balaban J connectivity index is 1.13. The average molecular weight is 672 g/mol. The van der Waals surface area contributed by atoms with Gasteiger partial charge in [-0.15, -0.1) is 11.3 Å². The summed E-state index contributed by atoms with van der Waals surface area (Å²) in [6.45, 7) is 0. The Kier molecular flexibility index (Phi) is 6.05. The molecule has 0 atom stereocenters. The number of aromatic nitrogens is 3. The number of fused-ring (bicyclic) bond motifs is 9. The number of hydrogen-bond donors (Lipinski definition) is 0. The van der Waals surface area contributed by atoms with Crippen LogP contribution < -0.4 is 0 Å². The van der Waals surface area contributed by atoms with Crippen LogP contribution in [0, 0.1) is 0 Å². The summed E-state index contributed by atoms with van der Waals surface area (Å²) in [5, 5.41) is 6.60. The third kappa shape index (κ3) is 4.37. The Morgan fingerprint density at radius 1 is 0.373 bits per heavy atom. The number of rotatable bonds is 4. The molecule has 0 aliphatic heterocycles. The fourth-order valence-electron chi connectivity index (χ4n) is 7.45. The summed E-state index contributed by atoms with van der Waals surface area (Å²) in [7, 11) is 0. The van der Waals surface area contributed by atoms with Crippen molar-refractivity contribution < 1.29 is 8.83 Å². The van der Waals surface area contributed by atoms with Gasteiger partial charge in [-0.1, -0.05) is 109 Å². The standard InChI is InChI=1S/C45H25N3O2S/c1-2-11-26(12-3-1)43-46-44(32-17-10-22-39-41(32)31-14-5-7-21-38(31)51-39)48-45(47-43)33-18-8-16-29-34-25-27(23-24-36(34)50-42(29)33)28-15-9-20-37-40(28)30-13-4-6-19-35(30)49-37/h1-25H. The summed E-state index contributed by atoms with van der Waals surface area (Å²) in [5.41, 5.74) is 8.24. The van der Waals surface area contributed by atoms with E-state index in [1.54, 1.807) is 11.3 Å². The molecule has 4 heterocycles. The molecular formula is C45H25N3O2S. The lowest BCUT2D eigenvalue weighted by Gasteiger charge is -2.10. The highest BCUT2D eigenvalue weighted by Gasteiger charge is 2.20. The van der Waals surface area contributed by atoms with Crippen molar-refractivity contribution in [2.75, 3.05) is 0 Å². The van der Waals surface area contributed by atoms with E-state index in [1.165, 1.54) is 14.8 Å². The molecule has 0 saturated heterocycles. The third-order valence-corrected chi connectivity index (χ3v) is 10.9. The molecule has 5 nitrogen and oxygen atoms in total. The first-order valence-electron chi connectivity index (χ1n) is 16.9. The topological polar surface area (TPSA) is 65.0 Å². The first kappa shape index (κ1) is 28.2. The molecule has 4 aromatic heterocycles. The maximum absolute atomic E-state index is 6.66. The highest BCUT2D eigenvalue weighted by atomic mass is 32.1. The van der Waals surface area contributed by atoms with Crippen LogP contribution in [0.4, 0.5) is 0 Å². The van der Waals surface area contributed by atoms with E-state index in [-0.39, 0.29) is 0 Å². The lowest BCUT2D eigenvalue weighted by molar-refractivity contribution is 0.669. The zero-order valence-corrected chi connectivity index (χ0v) is 27.8. The Bertz CT molecular complexity index is 3160. The Labute approximate surface area is 295 Å². The van der Waals surface area contributed by atoms with Gasteiger partial charge in [0.15, 0.2) is 17.5 Å². The van der Waals surface area contributed by atoms with Crippen molar-refractivity contribution in [2.24, 2.45) is 0 Å². The van der Waals surface area contributed by atoms with Crippen LogP contribution in [0.2, 0.25) is 0 Å². The number of nitrogens with zero attached hydrogens (tertiary/aromatic N) is 3. The second-order valence-corrected chi connectivity index (χ2v) is 13.8. The van der Waals surface area contributed by atoms with E-state index in [0.29, 0.717) is 17.5 Å². The number of para-hydroxylation sites is 2. The quantitative estimate of drug-likeness (QED) is 0.186. The van der Waals surface area contributed by atoms with Gasteiger partial charge in [0.2, 0.25) is 0 Å². The van der Waals surface area contributed by atoms with E-state index in [1.807, 2.05) is 54.6 Å². The number of thiophene rings is 1. The summed E-state index contributed by atoms with van der Waals surface area (Å²) < 4.78 is 15.3. The van der Waals surface area contributed by atoms with E-state index in [0.717, 1.165) is 77.1 Å². The summed E-state index contributed by atoms with van der Waals surface area (Å²) in [4.78, 5) is 15.4. The van der Waals surface area contributed by atoms with Crippen LogP contribution in [0.3, 0.4) is 0 Å². The van der Waals surface area contributed by atoms with Crippen LogP contribution >= 0.6 is 11.3 Å². The first-order valence-corrected chi connectivity index (χ1v) is 17.7. The summed E-state index contributed by atoms with van der Waals surface area (Å²) >= 11 is 1.79. The van der Waals surface area contributed by atoms with Gasteiger partial charge >= 0.3 is 0 Å². The molecule has 0 amide bonds. The lowest BCUT2D eigenvalue weighted by atomic mass is 9.97. The van der Waals surface area contributed by atoms with Crippen LogP contribution in [-0.2, 0) is 0 Å². The molecule has 11 rings (SSSR count). The fraction of sp³-hybridized carbons (Fsp3) is 0. The monoisotopic (exact) mass is 671 g/mol. The second-order valence-electron chi connectivity index (χ2n) is 12.7. The maximum atomic E-state index is 6.66. The van der Waals surface area contributed by atoms with E-state index < -0.39 is 0 Å². The molecule has 7 aromatic carbocycles. The van der Waals surface area contributed by atoms with E-state index >= 15 is 0 Å². The van der Waals surface area contributed by atoms with Gasteiger partial charge in [-0.05, 0) is 53.6 Å². The molecule has 6 heteroatoms. The number of benzene rings is 7. The molecular weight excluding hydrogens is 647 g/mol. The molecule has 0 radical (unpaired) electrons. The van der Waals surface area contributed by atoms with Gasteiger partial charge in [0.05, 0.1) is 5.56 Å². The predicted octanol–water partition coefficient (Wildman–Crippen LogP) is 12.7. The molecule has 0 aliphatic carbocycles. The molecule has 0 spiro atoms. The van der Waals surface area contributed by atoms with Crippen molar-refractivity contribution in [3.8, 4) is 45.3 Å². The maximum Gasteiger partial charge on any atom is 0.167 e. The van der Waals surface area contributed by atoms with E-state index in [2.05, 4.69) is 97.1 Å². The van der Waals surface area contributed by atoms with Gasteiger partial charge in [0.25, 0.3) is 0 Å². The number of hydrogen-bond acceptors (Lipinski definition) is 6. The highest BCUT2D eigenvalue weighted by Crippen LogP contribution is 2.42. The van der Waals surface area contributed by atoms with Crippen LogP contribution in [0.15, 0.2) is 160 Å². The van der Waals surface area contributed by atoms with Crippen LogP contribution in [0.5, 0.6) is 0 Å². The summed E-state index contributed by atoms with van der Waals surface area (Å²) in [5.74, 6) is 1.81. The van der Waals surface area contributed by atoms with Gasteiger partial charge in [0.1, 0.15) is 22.3 Å². The zero-order chi connectivity index (χ0) is 33.5. The zero-order valence-electron chi connectivity index (χ0n) is 27.0. The minimum atomic E-state index is 0.565. The third-order valence-electron chi connectivity index (χ3n) is 9.76. The molecule has 0 fully saturated rings. The molecule has 0 N–H and O–H groups in total. The van der Waals surface area contributed by atoms with Crippen molar-refractivity contribution in [2.45, 2.75) is 0 Å². The molecule has 0 saturated carbocycles. The molecule has 51 heavy (non-hydrogen) atoms. The van der Waals surface area contributed by atoms with Gasteiger partial charge in [-0.25, -0.2) is 15.0 Å². The van der Waals surface area contributed by atoms with Gasteiger partial charge < -0.3 is 8.83 Å². The Hall–Kier alpha value is -6.63. The highest BCUT2D eigenvalue weighted by molar-refractivity contribution is 7.25. The Morgan fingerprint density at radius 3 is 1.94 bits per heavy atom. The molecule has 0 bridgehead atoms. The van der Waals surface area contributed by atoms with Crippen molar-refractivity contribution in [3.05, 3.63) is 152 Å². The number of furan rings is 2. The van der Waals surface area contributed by atoms with E-state index in [4.69, 9.17) is 23.8 Å². The minimum Gasteiger partial charge on any atom is -0.456 e. The summed E-state index contributed by atoms with van der Waals surface area (Å²) in [6.07, 6.45) is 0. The van der Waals surface area contributed by atoms with Gasteiger partial charge in [-0.2, -0.15) is 0 Å². The molecule has 0 aliphatic rings. The minimum absolute atomic E-state index is 0.565. The molecule has 0 unspecified atom stereocenters. The van der Waals surface area contributed by atoms with E-state index in [9.17, 15) is 0 Å². The Morgan fingerprint density at radius 2 is 1.02 bits per heavy atom. The smallest absolute Gasteiger partial charge is 0.167 e. The fourth-order valence-corrected chi connectivity index (χ4v) is 8.58. The van der Waals surface area contributed by atoms with Crippen LogP contribution in [-0.4, -0.2) is 15.0 Å². The molecule has 238 valence electrons. The van der Waals surface area contributed by atoms with Gasteiger partial charge in [-0.3, -0.25) is 0 Å². The largest absolute Gasteiger partial charge is 0.456 e. The summed E-state index contributed by atoms with van der Waals surface area (Å²) in [6, 6.07) is 52.1. The van der Waals surface area contributed by atoms with Crippen LogP contribution in [0.1, 0.15) is 0 Å². The molecule has 11 aromatic rings. The van der Waals surface area contributed by atoms with Gasteiger partial charge in [0, 0.05) is 52.8 Å². The normalized spacial score (nSPS) is 11.9. The van der Waals surface area contributed by atoms with Crippen molar-refractivity contribution in [1.29, 1.82) is 0 Å². The van der Waals surface area contributed by atoms with Crippen molar-refractivity contribution >= 4 is 75.4 Å². The lowest BCUT2D eigenvalue weighted by Crippen LogP contribution is -2.00. The predicted molar refractivity (Wildman–Crippen MR) is 209 cm³/mol. The van der Waals surface area contributed by atoms with Crippen LogP contribution in [0.25, 0.3) is 109 Å². The average Bonchev–Trinajstić information content (AvgIpc) is 3.89.